The molecule has 1 aliphatic rings. The molecule has 0 bridgehead atoms. The van der Waals surface area contributed by atoms with E-state index in [2.05, 4.69) is 5.43 Å². The van der Waals surface area contributed by atoms with Gasteiger partial charge < -0.3 is 9.47 Å². The maximum Gasteiger partial charge on any atom is 0.123 e. The van der Waals surface area contributed by atoms with Crippen LogP contribution in [0.4, 0.5) is 4.39 Å². The Bertz CT molecular complexity index is 422. The Morgan fingerprint density at radius 3 is 2.65 bits per heavy atom. The summed E-state index contributed by atoms with van der Waals surface area (Å²) in [7, 11) is 0. The molecule has 0 amide bonds. The third kappa shape index (κ3) is 3.17. The predicted molar refractivity (Wildman–Crippen MR) is 75.6 cm³/mol. The molecule has 2 rings (SSSR count). The first kappa shape index (κ1) is 15.4. The molecular formula is C15H23FN2O2. The van der Waals surface area contributed by atoms with Gasteiger partial charge in [0.1, 0.15) is 5.82 Å². The van der Waals surface area contributed by atoms with E-state index in [1.165, 1.54) is 12.1 Å². The quantitative estimate of drug-likeness (QED) is 0.642. The molecule has 1 heterocycles. The van der Waals surface area contributed by atoms with Crippen LogP contribution < -0.4 is 11.3 Å². The van der Waals surface area contributed by atoms with E-state index in [1.807, 2.05) is 19.9 Å². The number of aryl methyl sites for hydroxylation is 1. The number of hydrogen-bond donors (Lipinski definition) is 2. The van der Waals surface area contributed by atoms with E-state index in [0.717, 1.165) is 24.0 Å². The maximum atomic E-state index is 13.7. The Morgan fingerprint density at radius 1 is 1.40 bits per heavy atom. The Balaban J connectivity index is 2.36. The molecule has 1 saturated heterocycles. The van der Waals surface area contributed by atoms with Crippen LogP contribution in [0.5, 0.6) is 0 Å². The van der Waals surface area contributed by atoms with Crippen molar-refractivity contribution < 1.29 is 13.9 Å². The van der Waals surface area contributed by atoms with Gasteiger partial charge in [0.05, 0.1) is 11.6 Å². The summed E-state index contributed by atoms with van der Waals surface area (Å²) in [6, 6.07) is 4.73. The number of hydrogen-bond acceptors (Lipinski definition) is 4. The van der Waals surface area contributed by atoms with Crippen LogP contribution >= 0.6 is 0 Å². The Hall–Kier alpha value is -1.01. The summed E-state index contributed by atoms with van der Waals surface area (Å²) in [6.45, 7) is 5.69. The molecule has 1 atom stereocenters. The van der Waals surface area contributed by atoms with Crippen molar-refractivity contribution in [2.24, 2.45) is 5.84 Å². The summed E-state index contributed by atoms with van der Waals surface area (Å²) in [5.74, 6) is 5.51. The van der Waals surface area contributed by atoms with Crippen LogP contribution in [0.15, 0.2) is 18.2 Å². The standard InChI is InChI=1S/C15H23FN2O2/c1-3-20-15(4-6-19-7-5-15)14(18-17)12-8-11(2)9-13(16)10-12/h8-10,14,18H,3-7,17H2,1-2H3. The van der Waals surface area contributed by atoms with Crippen molar-refractivity contribution >= 4 is 0 Å². The smallest absolute Gasteiger partial charge is 0.123 e. The predicted octanol–water partition coefficient (Wildman–Crippen LogP) is 2.22. The van der Waals surface area contributed by atoms with Gasteiger partial charge in [0, 0.05) is 32.7 Å². The Labute approximate surface area is 119 Å². The minimum absolute atomic E-state index is 0.249. The zero-order valence-electron chi connectivity index (χ0n) is 12.1. The second-order valence-corrected chi connectivity index (χ2v) is 5.27. The maximum absolute atomic E-state index is 13.7. The largest absolute Gasteiger partial charge is 0.381 e. The molecule has 0 radical (unpaired) electrons. The summed E-state index contributed by atoms with van der Waals surface area (Å²) in [6.07, 6.45) is 1.48. The zero-order valence-corrected chi connectivity index (χ0v) is 12.1. The van der Waals surface area contributed by atoms with Gasteiger partial charge in [-0.15, -0.1) is 0 Å². The molecule has 3 N–H and O–H groups in total. The van der Waals surface area contributed by atoms with Crippen molar-refractivity contribution in [2.75, 3.05) is 19.8 Å². The van der Waals surface area contributed by atoms with Gasteiger partial charge >= 0.3 is 0 Å². The normalized spacial score (nSPS) is 19.8. The third-order valence-corrected chi connectivity index (χ3v) is 3.86. The molecule has 5 heteroatoms. The monoisotopic (exact) mass is 282 g/mol. The van der Waals surface area contributed by atoms with Crippen molar-refractivity contribution in [1.29, 1.82) is 0 Å². The zero-order chi connectivity index (χ0) is 14.6. The van der Waals surface area contributed by atoms with Crippen LogP contribution in [0.3, 0.4) is 0 Å². The van der Waals surface area contributed by atoms with Gasteiger partial charge in [-0.05, 0) is 37.1 Å². The molecule has 1 fully saturated rings. The average Bonchev–Trinajstić information content (AvgIpc) is 2.39. The van der Waals surface area contributed by atoms with Gasteiger partial charge in [-0.2, -0.15) is 0 Å². The number of nitrogens with one attached hydrogen (secondary N) is 1. The van der Waals surface area contributed by atoms with Crippen molar-refractivity contribution in [2.45, 2.75) is 38.3 Å². The minimum atomic E-state index is -0.442. The molecule has 1 unspecified atom stereocenters. The lowest BCUT2D eigenvalue weighted by Crippen LogP contribution is -2.51. The number of hydrazine groups is 1. The van der Waals surface area contributed by atoms with Gasteiger partial charge in [-0.3, -0.25) is 11.3 Å². The van der Waals surface area contributed by atoms with Crippen LogP contribution in [-0.4, -0.2) is 25.4 Å². The van der Waals surface area contributed by atoms with Crippen molar-refractivity contribution in [3.8, 4) is 0 Å². The Kier molecular flexibility index (Phi) is 5.10. The first-order chi connectivity index (χ1) is 9.61. The summed E-state index contributed by atoms with van der Waals surface area (Å²) in [5.41, 5.74) is 4.07. The van der Waals surface area contributed by atoms with Gasteiger partial charge in [0.2, 0.25) is 0 Å². The molecule has 1 aliphatic heterocycles. The highest BCUT2D eigenvalue weighted by Crippen LogP contribution is 2.37. The molecule has 0 saturated carbocycles. The lowest BCUT2D eigenvalue weighted by atomic mass is 9.82. The van der Waals surface area contributed by atoms with Crippen LogP contribution in [0.25, 0.3) is 0 Å². The molecule has 4 nitrogen and oxygen atoms in total. The second kappa shape index (κ2) is 6.63. The third-order valence-electron chi connectivity index (χ3n) is 3.86. The molecule has 0 aromatic heterocycles. The molecule has 1 aromatic rings. The molecule has 0 aliphatic carbocycles. The van der Waals surface area contributed by atoms with Gasteiger partial charge in [-0.1, -0.05) is 6.07 Å². The van der Waals surface area contributed by atoms with E-state index in [-0.39, 0.29) is 11.9 Å². The van der Waals surface area contributed by atoms with Crippen molar-refractivity contribution in [1.82, 2.24) is 5.43 Å². The van der Waals surface area contributed by atoms with Crippen molar-refractivity contribution in [3.63, 3.8) is 0 Å². The highest BCUT2D eigenvalue weighted by Gasteiger charge is 2.41. The number of halogens is 1. The summed E-state index contributed by atoms with van der Waals surface area (Å²) in [4.78, 5) is 0. The van der Waals surface area contributed by atoms with E-state index >= 15 is 0 Å². The highest BCUT2D eigenvalue weighted by molar-refractivity contribution is 5.28. The van der Waals surface area contributed by atoms with Gasteiger partial charge in [0.25, 0.3) is 0 Å². The van der Waals surface area contributed by atoms with E-state index in [0.29, 0.717) is 19.8 Å². The SMILES string of the molecule is CCOC1(C(NN)c2cc(C)cc(F)c2)CCOCC1. The van der Waals surface area contributed by atoms with Gasteiger partial charge in [0.15, 0.2) is 0 Å². The van der Waals surface area contributed by atoms with Crippen molar-refractivity contribution in [3.05, 3.63) is 35.1 Å². The minimum Gasteiger partial charge on any atom is -0.381 e. The molecule has 112 valence electrons. The summed E-state index contributed by atoms with van der Waals surface area (Å²) < 4.78 is 25.1. The Morgan fingerprint density at radius 2 is 2.10 bits per heavy atom. The summed E-state index contributed by atoms with van der Waals surface area (Å²) >= 11 is 0. The van der Waals surface area contributed by atoms with Crippen LogP contribution in [0.2, 0.25) is 0 Å². The second-order valence-electron chi connectivity index (χ2n) is 5.27. The van der Waals surface area contributed by atoms with E-state index in [9.17, 15) is 4.39 Å². The fourth-order valence-electron chi connectivity index (χ4n) is 3.00. The average molecular weight is 282 g/mol. The van der Waals surface area contributed by atoms with E-state index < -0.39 is 5.60 Å². The fourth-order valence-corrected chi connectivity index (χ4v) is 3.00. The first-order valence-electron chi connectivity index (χ1n) is 7.06. The highest BCUT2D eigenvalue weighted by atomic mass is 19.1. The fraction of sp³-hybridized carbons (Fsp3) is 0.600. The number of ether oxygens (including phenoxy) is 2. The van der Waals surface area contributed by atoms with Gasteiger partial charge in [-0.25, -0.2) is 4.39 Å². The molecule has 20 heavy (non-hydrogen) atoms. The number of rotatable bonds is 5. The van der Waals surface area contributed by atoms with Crippen LogP contribution in [-0.2, 0) is 9.47 Å². The molecule has 0 spiro atoms. The van der Waals surface area contributed by atoms with Crippen LogP contribution in [0.1, 0.15) is 36.9 Å². The lowest BCUT2D eigenvalue weighted by Gasteiger charge is -2.43. The van der Waals surface area contributed by atoms with E-state index in [4.69, 9.17) is 15.3 Å². The lowest BCUT2D eigenvalue weighted by molar-refractivity contribution is -0.128. The number of benzene rings is 1. The first-order valence-corrected chi connectivity index (χ1v) is 7.06. The molecular weight excluding hydrogens is 259 g/mol. The molecule has 1 aromatic carbocycles. The summed E-state index contributed by atoms with van der Waals surface area (Å²) in [5, 5.41) is 0. The van der Waals surface area contributed by atoms with E-state index in [1.54, 1.807) is 0 Å². The van der Waals surface area contributed by atoms with Crippen LogP contribution in [0, 0.1) is 12.7 Å². The topological polar surface area (TPSA) is 56.5 Å². The number of nitrogens with two attached hydrogens (primary N) is 1.